The summed E-state index contributed by atoms with van der Waals surface area (Å²) in [6.45, 7) is -1.33. The third kappa shape index (κ3) is 4.18. The lowest BCUT2D eigenvalue weighted by atomic mass is 10.2. The number of halogens is 5. The van der Waals surface area contributed by atoms with E-state index >= 15 is 0 Å². The number of ether oxygens (including phenoxy) is 1. The van der Waals surface area contributed by atoms with Crippen molar-refractivity contribution in [3.8, 4) is 5.75 Å². The van der Waals surface area contributed by atoms with Crippen molar-refractivity contribution < 1.29 is 17.9 Å². The van der Waals surface area contributed by atoms with E-state index in [2.05, 4.69) is 4.74 Å². The van der Waals surface area contributed by atoms with Crippen molar-refractivity contribution in [2.45, 2.75) is 12.1 Å². The minimum Gasteiger partial charge on any atom is -0.484 e. The Balaban J connectivity index is 2.76. The quantitative estimate of drug-likeness (QED) is 0.745. The standard InChI is InChI=1S/C9H7Cl2F3O/c10-4-6-3-7(11)1-2-8(6)15-5-9(12,13)14/h1-3H,4-5H2. The third-order valence-corrected chi connectivity index (χ3v) is 2.08. The first-order valence-corrected chi connectivity index (χ1v) is 4.87. The zero-order valence-corrected chi connectivity index (χ0v) is 8.96. The zero-order chi connectivity index (χ0) is 11.5. The number of benzene rings is 1. The molecule has 0 aliphatic rings. The lowest BCUT2D eigenvalue weighted by Gasteiger charge is -2.11. The van der Waals surface area contributed by atoms with Crippen molar-refractivity contribution >= 4 is 23.2 Å². The first-order valence-electron chi connectivity index (χ1n) is 3.96. The summed E-state index contributed by atoms with van der Waals surface area (Å²) in [6, 6.07) is 4.29. The van der Waals surface area contributed by atoms with Crippen LogP contribution < -0.4 is 4.74 Å². The molecule has 0 aliphatic carbocycles. The molecule has 1 nitrogen and oxygen atoms in total. The lowest BCUT2D eigenvalue weighted by Crippen LogP contribution is -2.19. The monoisotopic (exact) mass is 258 g/mol. The molecular weight excluding hydrogens is 252 g/mol. The van der Waals surface area contributed by atoms with E-state index in [1.165, 1.54) is 18.2 Å². The van der Waals surface area contributed by atoms with Gasteiger partial charge in [0.2, 0.25) is 0 Å². The second kappa shape index (κ2) is 4.94. The van der Waals surface area contributed by atoms with Gasteiger partial charge in [-0.3, -0.25) is 0 Å². The van der Waals surface area contributed by atoms with E-state index in [0.29, 0.717) is 10.6 Å². The molecule has 1 aromatic rings. The molecule has 0 saturated carbocycles. The molecule has 0 N–H and O–H groups in total. The summed E-state index contributed by atoms with van der Waals surface area (Å²) >= 11 is 11.2. The fourth-order valence-corrected chi connectivity index (χ4v) is 1.36. The Kier molecular flexibility index (Phi) is 4.11. The van der Waals surface area contributed by atoms with E-state index in [4.69, 9.17) is 23.2 Å². The Morgan fingerprint density at radius 3 is 2.47 bits per heavy atom. The maximum atomic E-state index is 11.9. The van der Waals surface area contributed by atoms with Crippen molar-refractivity contribution in [2.75, 3.05) is 6.61 Å². The summed E-state index contributed by atoms with van der Waals surface area (Å²) in [7, 11) is 0. The van der Waals surface area contributed by atoms with Gasteiger partial charge in [0.05, 0.1) is 5.88 Å². The van der Waals surface area contributed by atoms with E-state index in [9.17, 15) is 13.2 Å². The summed E-state index contributed by atoms with van der Waals surface area (Å²) in [6.07, 6.45) is -4.36. The molecular formula is C9H7Cl2F3O. The highest BCUT2D eigenvalue weighted by atomic mass is 35.5. The molecule has 84 valence electrons. The van der Waals surface area contributed by atoms with Gasteiger partial charge in [0.25, 0.3) is 0 Å². The number of hydrogen-bond donors (Lipinski definition) is 0. The first-order chi connectivity index (χ1) is 6.92. The van der Waals surface area contributed by atoms with Gasteiger partial charge in [-0.15, -0.1) is 11.6 Å². The number of alkyl halides is 4. The van der Waals surface area contributed by atoms with E-state index in [1.54, 1.807) is 0 Å². The second-order valence-electron chi connectivity index (χ2n) is 2.79. The van der Waals surface area contributed by atoms with E-state index < -0.39 is 12.8 Å². The molecule has 0 aromatic heterocycles. The molecule has 0 fully saturated rings. The van der Waals surface area contributed by atoms with Crippen LogP contribution in [0.2, 0.25) is 5.02 Å². The van der Waals surface area contributed by atoms with Gasteiger partial charge < -0.3 is 4.74 Å². The van der Waals surface area contributed by atoms with Gasteiger partial charge in [-0.1, -0.05) is 11.6 Å². The van der Waals surface area contributed by atoms with E-state index in [1.807, 2.05) is 0 Å². The minimum absolute atomic E-state index is 0.0494. The second-order valence-corrected chi connectivity index (χ2v) is 3.49. The molecule has 0 aliphatic heterocycles. The summed E-state index contributed by atoms with van der Waals surface area (Å²) in [5.41, 5.74) is 0.438. The fraction of sp³-hybridized carbons (Fsp3) is 0.333. The Hall–Kier alpha value is -0.610. The molecule has 0 unspecified atom stereocenters. The Labute approximate surface area is 94.7 Å². The van der Waals surface area contributed by atoms with Gasteiger partial charge in [-0.2, -0.15) is 13.2 Å². The Morgan fingerprint density at radius 2 is 1.93 bits per heavy atom. The van der Waals surface area contributed by atoms with Gasteiger partial charge in [-0.05, 0) is 18.2 Å². The van der Waals surface area contributed by atoms with Gasteiger partial charge >= 0.3 is 6.18 Å². The van der Waals surface area contributed by atoms with Crippen LogP contribution in [-0.4, -0.2) is 12.8 Å². The van der Waals surface area contributed by atoms with Crippen LogP contribution in [0.5, 0.6) is 5.75 Å². The van der Waals surface area contributed by atoms with Crippen LogP contribution in [0.1, 0.15) is 5.56 Å². The summed E-state index contributed by atoms with van der Waals surface area (Å²) < 4.78 is 40.2. The van der Waals surface area contributed by atoms with Crippen molar-refractivity contribution in [3.05, 3.63) is 28.8 Å². The maximum absolute atomic E-state index is 11.9. The van der Waals surface area contributed by atoms with Gasteiger partial charge in [0.1, 0.15) is 5.75 Å². The van der Waals surface area contributed by atoms with Gasteiger partial charge in [-0.25, -0.2) is 0 Å². The highest BCUT2D eigenvalue weighted by Crippen LogP contribution is 2.26. The van der Waals surface area contributed by atoms with Crippen molar-refractivity contribution in [3.63, 3.8) is 0 Å². The van der Waals surface area contributed by atoms with E-state index in [0.717, 1.165) is 0 Å². The first kappa shape index (κ1) is 12.5. The van der Waals surface area contributed by atoms with Gasteiger partial charge in [0.15, 0.2) is 6.61 Å². The number of rotatable bonds is 3. The molecule has 0 amide bonds. The van der Waals surface area contributed by atoms with Crippen LogP contribution in [0.4, 0.5) is 13.2 Å². The fourth-order valence-electron chi connectivity index (χ4n) is 0.953. The summed E-state index contributed by atoms with van der Waals surface area (Å²) in [4.78, 5) is 0. The Bertz CT molecular complexity index is 339. The van der Waals surface area contributed by atoms with Gasteiger partial charge in [0, 0.05) is 10.6 Å². The lowest BCUT2D eigenvalue weighted by molar-refractivity contribution is -0.153. The SMILES string of the molecule is FC(F)(F)COc1ccc(Cl)cc1CCl. The van der Waals surface area contributed by atoms with Crippen molar-refractivity contribution in [1.82, 2.24) is 0 Å². The average molecular weight is 259 g/mol. The molecule has 0 spiro atoms. The molecule has 6 heteroatoms. The highest BCUT2D eigenvalue weighted by Gasteiger charge is 2.28. The third-order valence-electron chi connectivity index (χ3n) is 1.56. The molecule has 1 rings (SSSR count). The smallest absolute Gasteiger partial charge is 0.422 e. The molecule has 1 aromatic carbocycles. The molecule has 0 saturated heterocycles. The minimum atomic E-state index is -4.36. The zero-order valence-electron chi connectivity index (χ0n) is 7.44. The molecule has 0 radical (unpaired) electrons. The molecule has 15 heavy (non-hydrogen) atoms. The summed E-state index contributed by atoms with van der Waals surface area (Å²) in [5, 5.41) is 0.407. The van der Waals surface area contributed by atoms with E-state index in [-0.39, 0.29) is 11.6 Å². The average Bonchev–Trinajstić information content (AvgIpc) is 2.14. The van der Waals surface area contributed by atoms with Crippen LogP contribution >= 0.6 is 23.2 Å². The molecule has 0 atom stereocenters. The predicted octanol–water partition coefficient (Wildman–Crippen LogP) is 4.02. The van der Waals surface area contributed by atoms with Crippen molar-refractivity contribution in [2.24, 2.45) is 0 Å². The Morgan fingerprint density at radius 1 is 1.27 bits per heavy atom. The van der Waals surface area contributed by atoms with Crippen LogP contribution in [0.3, 0.4) is 0 Å². The van der Waals surface area contributed by atoms with Crippen LogP contribution in [0.15, 0.2) is 18.2 Å². The van der Waals surface area contributed by atoms with Crippen LogP contribution in [0.25, 0.3) is 0 Å². The highest BCUT2D eigenvalue weighted by molar-refractivity contribution is 6.30. The molecule has 0 bridgehead atoms. The largest absolute Gasteiger partial charge is 0.484 e. The molecule has 0 heterocycles. The maximum Gasteiger partial charge on any atom is 0.422 e. The summed E-state index contributed by atoms with van der Waals surface area (Å²) in [5.74, 6) is 0.153. The number of hydrogen-bond acceptors (Lipinski definition) is 1. The predicted molar refractivity (Wildman–Crippen MR) is 52.6 cm³/mol. The normalized spacial score (nSPS) is 11.5. The van der Waals surface area contributed by atoms with Crippen LogP contribution in [0, 0.1) is 0 Å². The van der Waals surface area contributed by atoms with Crippen molar-refractivity contribution in [1.29, 1.82) is 0 Å². The topological polar surface area (TPSA) is 9.23 Å². The van der Waals surface area contributed by atoms with Crippen LogP contribution in [-0.2, 0) is 5.88 Å².